The molecule has 0 aliphatic rings. The lowest BCUT2D eigenvalue weighted by Crippen LogP contribution is -2.22. The van der Waals surface area contributed by atoms with Gasteiger partial charge in [-0.2, -0.15) is 0 Å². The summed E-state index contributed by atoms with van der Waals surface area (Å²) in [6, 6.07) is 7.95. The Bertz CT molecular complexity index is 730. The molecule has 2 aromatic rings. The van der Waals surface area contributed by atoms with Gasteiger partial charge in [-0.15, -0.1) is 0 Å². The van der Waals surface area contributed by atoms with Crippen LogP contribution in [0.15, 0.2) is 45.8 Å². The van der Waals surface area contributed by atoms with Gasteiger partial charge in [0.25, 0.3) is 5.56 Å². The number of benzene rings is 1. The average Bonchev–Trinajstić information content (AvgIpc) is 2.44. The summed E-state index contributed by atoms with van der Waals surface area (Å²) >= 11 is 9.14. The Morgan fingerprint density at radius 1 is 1.33 bits per heavy atom. The topological polar surface area (TPSA) is 77.1 Å². The first-order valence-corrected chi connectivity index (χ1v) is 7.33. The first kappa shape index (κ1) is 15.6. The fraction of sp³-hybridized carbons (Fsp3) is 0.143. The minimum atomic E-state index is -0.240. The number of halogens is 2. The fourth-order valence-electron chi connectivity index (χ4n) is 1.75. The zero-order valence-corrected chi connectivity index (χ0v) is 13.3. The first-order valence-electron chi connectivity index (χ1n) is 6.16. The van der Waals surface area contributed by atoms with Crippen LogP contribution in [0.3, 0.4) is 0 Å². The maximum atomic E-state index is 11.9. The molecule has 0 bridgehead atoms. The third-order valence-electron chi connectivity index (χ3n) is 2.82. The van der Waals surface area contributed by atoms with E-state index in [4.69, 9.17) is 17.3 Å². The van der Waals surface area contributed by atoms with Gasteiger partial charge in [0.05, 0.1) is 11.4 Å². The number of rotatable bonds is 4. The van der Waals surface area contributed by atoms with E-state index in [9.17, 15) is 9.59 Å². The third kappa shape index (κ3) is 4.34. The molecule has 0 atom stereocenters. The molecular weight excluding hydrogens is 358 g/mol. The maximum absolute atomic E-state index is 11.9. The van der Waals surface area contributed by atoms with Crippen LogP contribution in [0.1, 0.15) is 6.42 Å². The van der Waals surface area contributed by atoms with Gasteiger partial charge in [-0.1, -0.05) is 11.6 Å². The molecule has 0 aliphatic carbocycles. The molecule has 1 amide bonds. The van der Waals surface area contributed by atoms with E-state index in [2.05, 4.69) is 21.2 Å². The Balaban J connectivity index is 2.01. The van der Waals surface area contributed by atoms with E-state index in [1.807, 2.05) is 0 Å². The van der Waals surface area contributed by atoms with Crippen molar-refractivity contribution in [1.82, 2.24) is 4.57 Å². The van der Waals surface area contributed by atoms with Crippen LogP contribution in [0, 0.1) is 0 Å². The number of hydrogen-bond acceptors (Lipinski definition) is 3. The number of hydrogen-bond donors (Lipinski definition) is 2. The van der Waals surface area contributed by atoms with Gasteiger partial charge in [-0.3, -0.25) is 9.59 Å². The zero-order valence-electron chi connectivity index (χ0n) is 11.0. The van der Waals surface area contributed by atoms with E-state index in [1.165, 1.54) is 10.6 Å². The molecule has 0 saturated carbocycles. The SMILES string of the molecule is Nc1ccc(Cl)cc1NC(=O)CCn1cc(Br)ccc1=O. The van der Waals surface area contributed by atoms with Crippen LogP contribution in [-0.2, 0) is 11.3 Å². The number of nitrogens with zero attached hydrogens (tertiary/aromatic N) is 1. The van der Waals surface area contributed by atoms with E-state index in [-0.39, 0.29) is 24.4 Å². The second kappa shape index (κ2) is 6.78. The fourth-order valence-corrected chi connectivity index (χ4v) is 2.30. The molecule has 3 N–H and O–H groups in total. The smallest absolute Gasteiger partial charge is 0.250 e. The second-order valence-electron chi connectivity index (χ2n) is 4.41. The molecule has 5 nitrogen and oxygen atoms in total. The lowest BCUT2D eigenvalue weighted by molar-refractivity contribution is -0.116. The van der Waals surface area contributed by atoms with Crippen molar-refractivity contribution in [2.24, 2.45) is 0 Å². The Morgan fingerprint density at radius 2 is 2.10 bits per heavy atom. The highest BCUT2D eigenvalue weighted by Crippen LogP contribution is 2.22. The first-order chi connectivity index (χ1) is 9.95. The Kier molecular flexibility index (Phi) is 5.03. The van der Waals surface area contributed by atoms with Crippen molar-refractivity contribution >= 4 is 44.8 Å². The summed E-state index contributed by atoms with van der Waals surface area (Å²) in [5.41, 5.74) is 6.50. The van der Waals surface area contributed by atoms with Gasteiger partial charge in [0.2, 0.25) is 5.91 Å². The van der Waals surface area contributed by atoms with Gasteiger partial charge in [-0.05, 0) is 40.2 Å². The standard InChI is InChI=1S/C14H13BrClN3O2/c15-9-1-4-14(21)19(8-9)6-5-13(20)18-12-7-10(16)2-3-11(12)17/h1-4,7-8H,5-6,17H2,(H,18,20). The summed E-state index contributed by atoms with van der Waals surface area (Å²) in [5, 5.41) is 3.17. The van der Waals surface area contributed by atoms with Gasteiger partial charge in [0.1, 0.15) is 0 Å². The quantitative estimate of drug-likeness (QED) is 0.812. The highest BCUT2D eigenvalue weighted by Gasteiger charge is 2.07. The number of amides is 1. The minimum Gasteiger partial charge on any atom is -0.397 e. The number of carbonyl (C=O) groups is 1. The zero-order chi connectivity index (χ0) is 15.4. The van der Waals surface area contributed by atoms with Crippen LogP contribution in [0.5, 0.6) is 0 Å². The van der Waals surface area contributed by atoms with Crippen molar-refractivity contribution in [3.63, 3.8) is 0 Å². The van der Waals surface area contributed by atoms with E-state index >= 15 is 0 Å². The van der Waals surface area contributed by atoms with Crippen molar-refractivity contribution < 1.29 is 4.79 Å². The number of nitrogen functional groups attached to an aromatic ring is 1. The van der Waals surface area contributed by atoms with Crippen LogP contribution < -0.4 is 16.6 Å². The molecule has 0 aliphatic heterocycles. The summed E-state index contributed by atoms with van der Waals surface area (Å²) in [6.45, 7) is 0.282. The monoisotopic (exact) mass is 369 g/mol. The van der Waals surface area contributed by atoms with Crippen molar-refractivity contribution in [3.8, 4) is 0 Å². The molecule has 21 heavy (non-hydrogen) atoms. The minimum absolute atomic E-state index is 0.155. The molecular formula is C14H13BrClN3O2. The number of nitrogens with one attached hydrogen (secondary N) is 1. The van der Waals surface area contributed by atoms with Crippen LogP contribution >= 0.6 is 27.5 Å². The highest BCUT2D eigenvalue weighted by atomic mass is 79.9. The lowest BCUT2D eigenvalue weighted by atomic mass is 10.2. The van der Waals surface area contributed by atoms with Crippen molar-refractivity contribution in [2.75, 3.05) is 11.1 Å². The predicted octanol–water partition coefficient (Wildman–Crippen LogP) is 2.88. The van der Waals surface area contributed by atoms with Crippen LogP contribution in [-0.4, -0.2) is 10.5 Å². The molecule has 1 heterocycles. The number of anilines is 2. The van der Waals surface area contributed by atoms with E-state index in [0.717, 1.165) is 4.47 Å². The molecule has 0 spiro atoms. The molecule has 1 aromatic carbocycles. The van der Waals surface area contributed by atoms with Gasteiger partial charge in [0.15, 0.2) is 0 Å². The van der Waals surface area contributed by atoms with E-state index < -0.39 is 0 Å². The van der Waals surface area contributed by atoms with Crippen molar-refractivity contribution in [2.45, 2.75) is 13.0 Å². The summed E-state index contributed by atoms with van der Waals surface area (Å²) in [5.74, 6) is -0.240. The van der Waals surface area contributed by atoms with Gasteiger partial charge >= 0.3 is 0 Å². The molecule has 2 rings (SSSR count). The van der Waals surface area contributed by atoms with E-state index in [0.29, 0.717) is 16.4 Å². The van der Waals surface area contributed by atoms with Crippen LogP contribution in [0.4, 0.5) is 11.4 Å². The van der Waals surface area contributed by atoms with Gasteiger partial charge in [0, 0.05) is 34.7 Å². The Morgan fingerprint density at radius 3 is 2.86 bits per heavy atom. The van der Waals surface area contributed by atoms with E-state index in [1.54, 1.807) is 30.5 Å². The molecule has 1 aromatic heterocycles. The number of nitrogens with two attached hydrogens (primary N) is 1. The third-order valence-corrected chi connectivity index (χ3v) is 3.52. The average molecular weight is 371 g/mol. The lowest BCUT2D eigenvalue weighted by Gasteiger charge is -2.09. The Hall–Kier alpha value is -1.79. The predicted molar refractivity (Wildman–Crippen MR) is 87.5 cm³/mol. The van der Waals surface area contributed by atoms with Gasteiger partial charge < -0.3 is 15.6 Å². The van der Waals surface area contributed by atoms with Crippen LogP contribution in [0.25, 0.3) is 0 Å². The second-order valence-corrected chi connectivity index (χ2v) is 5.76. The molecule has 0 radical (unpaired) electrons. The molecule has 0 unspecified atom stereocenters. The summed E-state index contributed by atoms with van der Waals surface area (Å²) in [4.78, 5) is 23.5. The molecule has 7 heteroatoms. The summed E-state index contributed by atoms with van der Waals surface area (Å²) in [6.07, 6.45) is 1.80. The number of carbonyl (C=O) groups excluding carboxylic acids is 1. The summed E-state index contributed by atoms with van der Waals surface area (Å²) < 4.78 is 2.24. The van der Waals surface area contributed by atoms with Crippen LogP contribution in [0.2, 0.25) is 5.02 Å². The van der Waals surface area contributed by atoms with Crippen molar-refractivity contribution in [1.29, 1.82) is 0 Å². The molecule has 0 fully saturated rings. The summed E-state index contributed by atoms with van der Waals surface area (Å²) in [7, 11) is 0. The van der Waals surface area contributed by atoms with Gasteiger partial charge in [-0.25, -0.2) is 0 Å². The molecule has 110 valence electrons. The normalized spacial score (nSPS) is 10.4. The Labute approximate surface area is 134 Å². The number of aryl methyl sites for hydroxylation is 1. The number of pyridine rings is 1. The van der Waals surface area contributed by atoms with Crippen molar-refractivity contribution in [3.05, 3.63) is 56.4 Å². The highest BCUT2D eigenvalue weighted by molar-refractivity contribution is 9.10. The number of aromatic nitrogens is 1. The maximum Gasteiger partial charge on any atom is 0.250 e. The largest absolute Gasteiger partial charge is 0.397 e. The molecule has 0 saturated heterocycles.